The van der Waals surface area contributed by atoms with Gasteiger partial charge in [0.15, 0.2) is 0 Å². The van der Waals surface area contributed by atoms with E-state index in [0.717, 1.165) is 12.8 Å². The summed E-state index contributed by atoms with van der Waals surface area (Å²) in [7, 11) is 0. The van der Waals surface area contributed by atoms with Crippen LogP contribution in [0.5, 0.6) is 0 Å². The van der Waals surface area contributed by atoms with Crippen molar-refractivity contribution >= 4 is 5.97 Å². The summed E-state index contributed by atoms with van der Waals surface area (Å²) in [5.41, 5.74) is 2.57. The molecule has 0 bridgehead atoms. The number of hydrogen-bond donors (Lipinski definition) is 1. The van der Waals surface area contributed by atoms with Crippen molar-refractivity contribution in [1.82, 2.24) is 0 Å². The standard InChI is InChI=1S/C17H24O2/c1-2-5-13-8-10-15(11-9-13)16(12-17(18)19)14-6-3-4-7-14/h8-11,14,16H,2-7,12H2,1H3,(H,18,19). The Morgan fingerprint density at radius 1 is 1.26 bits per heavy atom. The van der Waals surface area contributed by atoms with Crippen LogP contribution in [0.1, 0.15) is 62.5 Å². The maximum absolute atomic E-state index is 11.1. The van der Waals surface area contributed by atoms with E-state index in [9.17, 15) is 4.79 Å². The van der Waals surface area contributed by atoms with Crippen LogP contribution in [0, 0.1) is 5.92 Å². The molecular weight excluding hydrogens is 236 g/mol. The van der Waals surface area contributed by atoms with Crippen LogP contribution in [0.3, 0.4) is 0 Å². The van der Waals surface area contributed by atoms with Crippen LogP contribution in [-0.4, -0.2) is 11.1 Å². The van der Waals surface area contributed by atoms with Crippen molar-refractivity contribution in [2.75, 3.05) is 0 Å². The third kappa shape index (κ3) is 3.82. The maximum Gasteiger partial charge on any atom is 0.303 e. The van der Waals surface area contributed by atoms with Gasteiger partial charge < -0.3 is 5.11 Å². The Balaban J connectivity index is 2.14. The van der Waals surface area contributed by atoms with Crippen molar-refractivity contribution in [3.63, 3.8) is 0 Å². The fraction of sp³-hybridized carbons (Fsp3) is 0.588. The molecule has 0 aliphatic heterocycles. The van der Waals surface area contributed by atoms with E-state index in [2.05, 4.69) is 31.2 Å². The van der Waals surface area contributed by atoms with Crippen LogP contribution in [-0.2, 0) is 11.2 Å². The Bertz CT molecular complexity index is 402. The number of rotatable bonds is 6. The van der Waals surface area contributed by atoms with Gasteiger partial charge in [0.05, 0.1) is 6.42 Å². The molecule has 2 heteroatoms. The summed E-state index contributed by atoms with van der Waals surface area (Å²) in [5.74, 6) is 0.0957. The Kier molecular flexibility index (Phi) is 5.00. The third-order valence-electron chi connectivity index (χ3n) is 4.31. The van der Waals surface area contributed by atoms with Crippen LogP contribution in [0.15, 0.2) is 24.3 Å². The van der Waals surface area contributed by atoms with Crippen LogP contribution < -0.4 is 0 Å². The molecule has 1 saturated carbocycles. The first-order chi connectivity index (χ1) is 9.20. The fourth-order valence-corrected chi connectivity index (χ4v) is 3.32. The number of carbonyl (C=O) groups is 1. The molecule has 19 heavy (non-hydrogen) atoms. The van der Waals surface area contributed by atoms with Gasteiger partial charge in [-0.15, -0.1) is 0 Å². The van der Waals surface area contributed by atoms with Crippen molar-refractivity contribution in [3.8, 4) is 0 Å². The van der Waals surface area contributed by atoms with Gasteiger partial charge in [0.25, 0.3) is 0 Å². The molecule has 1 aromatic rings. The molecule has 0 radical (unpaired) electrons. The van der Waals surface area contributed by atoms with Crippen LogP contribution in [0.2, 0.25) is 0 Å². The summed E-state index contributed by atoms with van der Waals surface area (Å²) in [6.45, 7) is 2.18. The zero-order valence-corrected chi connectivity index (χ0v) is 11.8. The molecular formula is C17H24O2. The van der Waals surface area contributed by atoms with Crippen molar-refractivity contribution in [1.29, 1.82) is 0 Å². The van der Waals surface area contributed by atoms with Crippen molar-refractivity contribution in [2.45, 2.75) is 57.8 Å². The Morgan fingerprint density at radius 2 is 1.89 bits per heavy atom. The van der Waals surface area contributed by atoms with Crippen molar-refractivity contribution in [2.24, 2.45) is 5.92 Å². The average Bonchev–Trinajstić information content (AvgIpc) is 2.91. The second kappa shape index (κ2) is 6.74. The first kappa shape index (κ1) is 14.1. The number of carboxylic acid groups (broad SMARTS) is 1. The fourth-order valence-electron chi connectivity index (χ4n) is 3.32. The zero-order valence-electron chi connectivity index (χ0n) is 11.8. The number of aliphatic carboxylic acids is 1. The highest BCUT2D eigenvalue weighted by Gasteiger charge is 2.28. The van der Waals surface area contributed by atoms with Gasteiger partial charge in [-0.1, -0.05) is 50.5 Å². The lowest BCUT2D eigenvalue weighted by Gasteiger charge is -2.22. The van der Waals surface area contributed by atoms with Gasteiger partial charge in [-0.3, -0.25) is 4.79 Å². The molecule has 1 aliphatic carbocycles. The first-order valence-corrected chi connectivity index (χ1v) is 7.51. The number of carboxylic acids is 1. The molecule has 0 amide bonds. The van der Waals surface area contributed by atoms with Gasteiger partial charge in [0.2, 0.25) is 0 Å². The Labute approximate surface area is 115 Å². The molecule has 0 aromatic heterocycles. The molecule has 1 atom stereocenters. The van der Waals surface area contributed by atoms with Crippen LogP contribution in [0.4, 0.5) is 0 Å². The van der Waals surface area contributed by atoms with Gasteiger partial charge in [0, 0.05) is 0 Å². The lowest BCUT2D eigenvalue weighted by Crippen LogP contribution is -2.14. The predicted octanol–water partition coefficient (Wildman–Crippen LogP) is 4.39. The van der Waals surface area contributed by atoms with Gasteiger partial charge in [-0.25, -0.2) is 0 Å². The maximum atomic E-state index is 11.1. The highest BCUT2D eigenvalue weighted by atomic mass is 16.4. The largest absolute Gasteiger partial charge is 0.481 e. The predicted molar refractivity (Wildman–Crippen MR) is 77.4 cm³/mol. The SMILES string of the molecule is CCCc1ccc(C(CC(=O)O)C2CCCC2)cc1. The monoisotopic (exact) mass is 260 g/mol. The Hall–Kier alpha value is -1.31. The minimum absolute atomic E-state index is 0.204. The summed E-state index contributed by atoms with van der Waals surface area (Å²) < 4.78 is 0. The molecule has 1 unspecified atom stereocenters. The van der Waals surface area contributed by atoms with E-state index in [4.69, 9.17) is 5.11 Å². The molecule has 104 valence electrons. The number of hydrogen-bond acceptors (Lipinski definition) is 1. The van der Waals surface area contributed by atoms with Gasteiger partial charge in [-0.05, 0) is 42.2 Å². The van der Waals surface area contributed by atoms with Gasteiger partial charge in [-0.2, -0.15) is 0 Å². The first-order valence-electron chi connectivity index (χ1n) is 7.51. The normalized spacial score (nSPS) is 17.5. The molecule has 1 aromatic carbocycles. The lowest BCUT2D eigenvalue weighted by atomic mass is 9.82. The second-order valence-corrected chi connectivity index (χ2v) is 5.74. The van der Waals surface area contributed by atoms with E-state index in [-0.39, 0.29) is 12.3 Å². The van der Waals surface area contributed by atoms with E-state index >= 15 is 0 Å². The van der Waals surface area contributed by atoms with Gasteiger partial charge in [0.1, 0.15) is 0 Å². The smallest absolute Gasteiger partial charge is 0.303 e. The average molecular weight is 260 g/mol. The summed E-state index contributed by atoms with van der Waals surface area (Å²) in [4.78, 5) is 11.1. The van der Waals surface area contributed by atoms with E-state index in [1.807, 2.05) is 0 Å². The molecule has 0 saturated heterocycles. The van der Waals surface area contributed by atoms with Crippen LogP contribution >= 0.6 is 0 Å². The summed E-state index contributed by atoms with van der Waals surface area (Å²) >= 11 is 0. The zero-order chi connectivity index (χ0) is 13.7. The second-order valence-electron chi connectivity index (χ2n) is 5.74. The summed E-state index contributed by atoms with van der Waals surface area (Å²) in [5, 5.41) is 9.14. The molecule has 1 aliphatic rings. The Morgan fingerprint density at radius 3 is 2.42 bits per heavy atom. The lowest BCUT2D eigenvalue weighted by molar-refractivity contribution is -0.137. The summed E-state index contributed by atoms with van der Waals surface area (Å²) in [6.07, 6.45) is 7.43. The third-order valence-corrected chi connectivity index (χ3v) is 4.31. The molecule has 2 rings (SSSR count). The number of aryl methyl sites for hydroxylation is 1. The van der Waals surface area contributed by atoms with E-state index in [1.165, 1.54) is 36.8 Å². The highest BCUT2D eigenvalue weighted by Crippen LogP contribution is 2.39. The molecule has 0 spiro atoms. The molecule has 2 nitrogen and oxygen atoms in total. The minimum atomic E-state index is -0.672. The molecule has 1 N–H and O–H groups in total. The topological polar surface area (TPSA) is 37.3 Å². The van der Waals surface area contributed by atoms with Crippen LogP contribution in [0.25, 0.3) is 0 Å². The van der Waals surface area contributed by atoms with Crippen molar-refractivity contribution < 1.29 is 9.90 Å². The van der Waals surface area contributed by atoms with Crippen molar-refractivity contribution in [3.05, 3.63) is 35.4 Å². The highest BCUT2D eigenvalue weighted by molar-refractivity contribution is 5.68. The van der Waals surface area contributed by atoms with E-state index < -0.39 is 5.97 Å². The quantitative estimate of drug-likeness (QED) is 0.823. The van der Waals surface area contributed by atoms with Gasteiger partial charge >= 0.3 is 5.97 Å². The summed E-state index contributed by atoms with van der Waals surface area (Å²) in [6, 6.07) is 8.64. The molecule has 1 fully saturated rings. The van der Waals surface area contributed by atoms with E-state index in [0.29, 0.717) is 5.92 Å². The molecule has 0 heterocycles. The minimum Gasteiger partial charge on any atom is -0.481 e. The number of benzene rings is 1. The van der Waals surface area contributed by atoms with E-state index in [1.54, 1.807) is 0 Å².